The van der Waals surface area contributed by atoms with Crippen LogP contribution < -0.4 is 69.9 Å². The van der Waals surface area contributed by atoms with E-state index in [1.807, 2.05) is 0 Å². The molecule has 35 heteroatoms. The molecule has 4 aromatic carbocycles. The zero-order valence-electron chi connectivity index (χ0n) is 50.0. The first-order valence-electron chi connectivity index (χ1n) is 27.6. The molecule has 8 atom stereocenters. The Bertz CT molecular complexity index is 3550. The number of nitro groups is 4. The zero-order chi connectivity index (χ0) is 68.8. The van der Waals surface area contributed by atoms with E-state index in [1.54, 1.807) is 0 Å². The number of esters is 3. The van der Waals surface area contributed by atoms with Crippen LogP contribution in [0.2, 0.25) is 0 Å². The Balaban J connectivity index is 1.67. The third-order valence-corrected chi connectivity index (χ3v) is 15.0. The van der Waals surface area contributed by atoms with Crippen LogP contribution in [0.5, 0.6) is 17.2 Å². The van der Waals surface area contributed by atoms with E-state index in [9.17, 15) is 88.4 Å². The fourth-order valence-corrected chi connectivity index (χ4v) is 8.63. The second kappa shape index (κ2) is 30.6. The van der Waals surface area contributed by atoms with E-state index >= 15 is 0 Å². The number of nitrogens with zero attached hydrogens (tertiary/aromatic N) is 4. The Morgan fingerprint density at radius 3 is 1.34 bits per heavy atom. The van der Waals surface area contributed by atoms with E-state index in [2.05, 4.69) is 21.3 Å². The van der Waals surface area contributed by atoms with E-state index < -0.39 is 197 Å². The van der Waals surface area contributed by atoms with Gasteiger partial charge in [0.1, 0.15) is 0 Å². The van der Waals surface area contributed by atoms with Gasteiger partial charge in [0.2, 0.25) is 29.4 Å². The topological polar surface area (TPSA) is 575 Å². The summed E-state index contributed by atoms with van der Waals surface area (Å²) in [5.74, 6) is -19.2. The van der Waals surface area contributed by atoms with Crippen LogP contribution in [0.1, 0.15) is 87.0 Å². The van der Waals surface area contributed by atoms with Crippen molar-refractivity contribution in [3.05, 3.63) is 119 Å². The molecule has 0 aliphatic heterocycles. The Morgan fingerprint density at radius 1 is 0.505 bits per heavy atom. The van der Waals surface area contributed by atoms with Crippen LogP contribution in [0.3, 0.4) is 0 Å². The summed E-state index contributed by atoms with van der Waals surface area (Å²) < 4.78 is 16.6. The lowest BCUT2D eigenvalue weighted by molar-refractivity contribution is -0.385. The highest BCUT2D eigenvalue weighted by molar-refractivity contribution is 6.13. The minimum absolute atomic E-state index is 0.0377. The largest absolute Gasteiger partial charge is 0.422 e. The number of hydrogen-bond donors (Lipinski definition) is 10. The highest BCUT2D eigenvalue weighted by atomic mass is 16.6. The molecule has 4 rings (SSSR count). The zero-order valence-corrected chi connectivity index (χ0v) is 50.0. The number of amides is 4. The monoisotopic (exact) mass is 1270 g/mol. The maximum absolute atomic E-state index is 14.7. The molecule has 16 N–H and O–H groups in total. The number of Topliss-reactive ketones (excluding diaryl/α,β-unsaturated/α-hetero) is 3. The molecular weight excluding hydrogens is 1200 g/mol. The molecule has 0 fully saturated rings. The van der Waals surface area contributed by atoms with Crippen LogP contribution in [0.4, 0.5) is 45.5 Å². The summed E-state index contributed by atoms with van der Waals surface area (Å²) in [7, 11) is 0. The first kappa shape index (κ1) is 73.0. The van der Waals surface area contributed by atoms with Crippen LogP contribution in [0, 0.1) is 58.2 Å². The number of non-ortho nitro benzene ring substituents is 3. The molecule has 0 radical (unpaired) electrons. The average molecular weight is 1270 g/mol. The summed E-state index contributed by atoms with van der Waals surface area (Å²) in [6.07, 6.45) is -3.46. The first-order chi connectivity index (χ1) is 42.4. The molecular formula is C56H68N14O21. The number of ketones is 3. The van der Waals surface area contributed by atoms with E-state index in [4.69, 9.17) is 48.6 Å². The smallest absolute Gasteiger partial charge is 0.339 e. The van der Waals surface area contributed by atoms with Gasteiger partial charge in [-0.1, -0.05) is 54.4 Å². The quantitative estimate of drug-likeness (QED) is 0.0110. The van der Waals surface area contributed by atoms with E-state index in [-0.39, 0.29) is 35.6 Å². The summed E-state index contributed by atoms with van der Waals surface area (Å²) in [5, 5.41) is 55.9. The number of rotatable bonds is 32. The summed E-state index contributed by atoms with van der Waals surface area (Å²) in [6.45, 7) is 9.20. The number of carbonyl (C=O) groups is 10. The Hall–Kier alpha value is -10.5. The van der Waals surface area contributed by atoms with Crippen LogP contribution in [0.15, 0.2) is 78.9 Å². The van der Waals surface area contributed by atoms with Crippen molar-refractivity contribution in [1.29, 1.82) is 0 Å². The van der Waals surface area contributed by atoms with Crippen molar-refractivity contribution < 1.29 is 81.8 Å². The lowest BCUT2D eigenvalue weighted by Crippen LogP contribution is -2.65. The minimum atomic E-state index is -2.85. The van der Waals surface area contributed by atoms with Gasteiger partial charge in [0.15, 0.2) is 39.7 Å². The number of hydrogen-bond acceptors (Lipinski definition) is 27. The third kappa shape index (κ3) is 17.2. The predicted molar refractivity (Wildman–Crippen MR) is 321 cm³/mol. The maximum Gasteiger partial charge on any atom is 0.339 e. The van der Waals surface area contributed by atoms with Crippen molar-refractivity contribution in [1.82, 2.24) is 0 Å². The lowest BCUT2D eigenvalue weighted by Gasteiger charge is -2.34. The molecule has 0 aliphatic carbocycles. The molecule has 0 aliphatic rings. The minimum Gasteiger partial charge on any atom is -0.422 e. The number of nitrogens with one attached hydrogen (secondary N) is 4. The molecule has 0 spiro atoms. The first-order valence-corrected chi connectivity index (χ1v) is 27.6. The van der Waals surface area contributed by atoms with Gasteiger partial charge in [-0.25, -0.2) is 14.4 Å². The van der Waals surface area contributed by atoms with Gasteiger partial charge in [-0.3, -0.25) is 74.0 Å². The number of benzene rings is 4. The molecule has 0 aromatic heterocycles. The van der Waals surface area contributed by atoms with Gasteiger partial charge in [0.05, 0.1) is 68.1 Å². The molecule has 0 bridgehead atoms. The molecule has 4 amide bonds. The van der Waals surface area contributed by atoms with Gasteiger partial charge in [0.25, 0.3) is 22.8 Å². The van der Waals surface area contributed by atoms with Crippen LogP contribution in [-0.4, -0.2) is 113 Å². The second-order valence-corrected chi connectivity index (χ2v) is 21.3. The highest BCUT2D eigenvalue weighted by Crippen LogP contribution is 2.45. The number of nitrogens with two attached hydrogens (primary N) is 6. The Labute approximate surface area is 516 Å². The second-order valence-electron chi connectivity index (χ2n) is 21.3. The third-order valence-electron chi connectivity index (χ3n) is 15.0. The predicted octanol–water partition coefficient (Wildman–Crippen LogP) is 3.00. The molecule has 91 heavy (non-hydrogen) atoms. The highest BCUT2D eigenvalue weighted by Gasteiger charge is 2.52. The molecule has 0 heterocycles. The van der Waals surface area contributed by atoms with Gasteiger partial charge in [-0.15, -0.1) is 0 Å². The molecule has 0 saturated carbocycles. The summed E-state index contributed by atoms with van der Waals surface area (Å²) >= 11 is 0. The van der Waals surface area contributed by atoms with Gasteiger partial charge in [-0.05, 0) is 67.5 Å². The van der Waals surface area contributed by atoms with Gasteiger partial charge >= 0.3 is 23.6 Å². The van der Waals surface area contributed by atoms with Crippen molar-refractivity contribution in [3.63, 3.8) is 0 Å². The van der Waals surface area contributed by atoms with E-state index in [0.717, 1.165) is 49.4 Å². The number of anilines is 4. The molecule has 35 nitrogen and oxygen atoms in total. The van der Waals surface area contributed by atoms with Crippen molar-refractivity contribution >= 4 is 104 Å². The van der Waals surface area contributed by atoms with Crippen molar-refractivity contribution in [2.75, 3.05) is 21.3 Å². The van der Waals surface area contributed by atoms with Gasteiger partial charge in [-0.2, -0.15) is 0 Å². The fraction of sp³-hybridized carbons (Fsp3) is 0.393. The van der Waals surface area contributed by atoms with Crippen LogP contribution in [0.25, 0.3) is 0 Å². The van der Waals surface area contributed by atoms with Crippen molar-refractivity contribution in [3.8, 4) is 17.2 Å². The SMILES string of the molecule is CCC(C)C(N)(C(=O)CCC(N)C(=O)C(N)(C(=O)Oc1cc([N+](=O)[O-])ccc1NC(=O)CC(N)C(=O)Nc1ccc([N+](=O)[O-])cc1)C(C)CC)C(=O)Oc1c(NC(=O)CC(N)C(=O)Nc2ccc([N+](=O)[O-])cc2)ccc([N+](=O)[O-])c1OC(=O)C(N)(C(C)=O)C(C)C. The molecule has 0 saturated heterocycles. The number of carbonyl (C=O) groups excluding carboxylic acids is 10. The Morgan fingerprint density at radius 2 is 0.912 bits per heavy atom. The van der Waals surface area contributed by atoms with Gasteiger partial charge in [0, 0.05) is 54.2 Å². The maximum atomic E-state index is 14.7. The van der Waals surface area contributed by atoms with Crippen molar-refractivity contribution in [2.45, 2.75) is 122 Å². The molecule has 8 unspecified atom stereocenters. The van der Waals surface area contributed by atoms with Gasteiger partial charge < -0.3 is 69.9 Å². The summed E-state index contributed by atoms with van der Waals surface area (Å²) in [4.78, 5) is 181. The van der Waals surface area contributed by atoms with Crippen molar-refractivity contribution in [2.24, 2.45) is 52.2 Å². The Kier molecular flexibility index (Phi) is 24.6. The molecule has 4 aromatic rings. The fourth-order valence-electron chi connectivity index (χ4n) is 8.63. The van der Waals surface area contributed by atoms with Crippen LogP contribution in [-0.2, 0) is 47.9 Å². The van der Waals surface area contributed by atoms with E-state index in [0.29, 0.717) is 12.1 Å². The lowest BCUT2D eigenvalue weighted by atomic mass is 9.75. The van der Waals surface area contributed by atoms with E-state index in [1.165, 1.54) is 65.8 Å². The summed E-state index contributed by atoms with van der Waals surface area (Å²) in [5.41, 5.74) is 26.3. The van der Waals surface area contributed by atoms with Crippen LogP contribution >= 0.6 is 0 Å². The number of nitro benzene ring substituents is 4. The normalized spacial score (nSPS) is 14.7. The number of ether oxygens (including phenoxy) is 3. The standard InChI is InChI=1S/C56H68N14O21/c1-8-28(5)55(61,52(79)90-46-40(21-22-41(70(87)88)47(46)91-51(78)54(60,27(3)4)30(7)71)66-45(74)26-38(59)50(77)64-32-12-16-34(17-13-32)68(83)84)43(72)23-19-36(57)48(75)56(62,29(6)9-2)53(80)89-42-24-35(69(85)86)18-20-39(42)65-44(73)25-37(58)49(76)63-31-10-14-33(15-11-31)67(81)82/h10-18,20-22,24,27-29,36-38H,8-9,19,23,25-26,57-62H2,1-7H3,(H,63,76)(H,64,77)(H,65,73)(H,66,74). The molecule has 488 valence electrons. The average Bonchev–Trinajstić information content (AvgIpc) is 1.53. The summed E-state index contributed by atoms with van der Waals surface area (Å²) in [6, 6.07) is 8.01.